The van der Waals surface area contributed by atoms with Crippen LogP contribution in [0.2, 0.25) is 0 Å². The van der Waals surface area contributed by atoms with Gasteiger partial charge in [-0.25, -0.2) is 0 Å². The van der Waals surface area contributed by atoms with Gasteiger partial charge in [-0.05, 0) is 89.0 Å². The lowest BCUT2D eigenvalue weighted by molar-refractivity contribution is 0.103. The Morgan fingerprint density at radius 3 is 1.09 bits per heavy atom. The van der Waals surface area contributed by atoms with Crippen LogP contribution in [0.15, 0.2) is 206 Å². The van der Waals surface area contributed by atoms with Gasteiger partial charge in [0.15, 0.2) is 0 Å². The molecule has 0 unspecified atom stereocenters. The topological polar surface area (TPSA) is 72.5 Å². The molecule has 10 rings (SSSR count). The molecule has 0 amide bonds. The summed E-state index contributed by atoms with van der Waals surface area (Å²) in [5.74, 6) is 2.65. The highest BCUT2D eigenvalue weighted by Crippen LogP contribution is 2.50. The first kappa shape index (κ1) is 40.6. The van der Waals surface area contributed by atoms with Crippen molar-refractivity contribution in [3.63, 3.8) is 0 Å². The molecule has 0 saturated carbocycles. The number of benzene rings is 10. The number of aryl methyl sites for hydroxylation is 1. The monoisotopic (exact) mass is 874 g/mol. The number of hydrogen-bond acceptors (Lipinski definition) is 7. The van der Waals surface area contributed by atoms with Gasteiger partial charge in [-0.1, -0.05) is 164 Å². The van der Waals surface area contributed by atoms with Crippen molar-refractivity contribution in [1.82, 2.24) is 0 Å². The summed E-state index contributed by atoms with van der Waals surface area (Å²) in [6, 6.07) is 66.2. The molecule has 0 spiro atoms. The average molecular weight is 875 g/mol. The molecule has 0 saturated heterocycles. The van der Waals surface area contributed by atoms with Gasteiger partial charge in [0.05, 0.1) is 11.1 Å². The zero-order valence-electron chi connectivity index (χ0n) is 34.9. The lowest BCUT2D eigenvalue weighted by Gasteiger charge is -2.23. The minimum absolute atomic E-state index is 0.282. The number of hydrogen-bond donors (Lipinski definition) is 0. The van der Waals surface area contributed by atoms with Crippen LogP contribution in [0.3, 0.4) is 0 Å². The highest BCUT2D eigenvalue weighted by molar-refractivity contribution is 7.43. The maximum atomic E-state index is 15.1. The molecule has 312 valence electrons. The molecule has 0 N–H and O–H groups in total. The summed E-state index contributed by atoms with van der Waals surface area (Å²) >= 11 is 0. The Balaban J connectivity index is 1.03. The van der Waals surface area contributed by atoms with Crippen molar-refractivity contribution in [3.05, 3.63) is 229 Å². The zero-order chi connectivity index (χ0) is 43.4. The maximum Gasteiger partial charge on any atom is 0.530 e. The second-order valence-electron chi connectivity index (χ2n) is 15.1. The van der Waals surface area contributed by atoms with Gasteiger partial charge in [-0.15, -0.1) is 0 Å². The van der Waals surface area contributed by atoms with Crippen molar-refractivity contribution in [2.24, 2.45) is 0 Å². The first-order valence-electron chi connectivity index (χ1n) is 20.8. The van der Waals surface area contributed by atoms with E-state index in [9.17, 15) is 0 Å². The van der Waals surface area contributed by atoms with E-state index in [2.05, 4.69) is 0 Å². The average Bonchev–Trinajstić information content (AvgIpc) is 3.33. The van der Waals surface area contributed by atoms with Crippen LogP contribution in [0, 0.1) is 13.8 Å². The zero-order valence-corrected chi connectivity index (χ0v) is 36.7. The van der Waals surface area contributed by atoms with Crippen molar-refractivity contribution in [2.45, 2.75) is 13.8 Å². The summed E-state index contributed by atoms with van der Waals surface area (Å²) in [6.45, 7) is 3.91. The first-order chi connectivity index (χ1) is 31.5. The van der Waals surface area contributed by atoms with Gasteiger partial charge < -0.3 is 27.1 Å². The van der Waals surface area contributed by atoms with Gasteiger partial charge in [-0.2, -0.15) is 0 Å². The minimum atomic E-state index is -2.20. The molecule has 0 radical (unpaired) electrons. The Labute approximate surface area is 373 Å². The van der Waals surface area contributed by atoms with E-state index < -0.39 is 17.2 Å². The van der Waals surface area contributed by atoms with Crippen LogP contribution in [0.1, 0.15) is 27.0 Å². The van der Waals surface area contributed by atoms with Crippen molar-refractivity contribution < 1.29 is 31.9 Å². The Bertz CT molecular complexity index is 3150. The smallest absolute Gasteiger partial charge is 0.408 e. The molecule has 0 bridgehead atoms. The van der Waals surface area contributed by atoms with E-state index in [1.54, 1.807) is 24.3 Å². The summed E-state index contributed by atoms with van der Waals surface area (Å²) in [5.41, 5.74) is 2.29. The minimum Gasteiger partial charge on any atom is -0.408 e. The summed E-state index contributed by atoms with van der Waals surface area (Å²) < 4.78 is 40.4. The maximum absolute atomic E-state index is 15.1. The number of fused-ring (bicyclic) bond motifs is 4. The van der Waals surface area contributed by atoms with Gasteiger partial charge in [0.2, 0.25) is 5.78 Å². The van der Waals surface area contributed by atoms with E-state index in [1.165, 1.54) is 0 Å². The third kappa shape index (κ3) is 8.40. The fraction of sp³-hybridized carbons (Fsp3) is 0.0364. The fourth-order valence-electron chi connectivity index (χ4n) is 7.65. The lowest BCUT2D eigenvalue weighted by Crippen LogP contribution is -2.11. The SMILES string of the molecule is Cc1ccc(C(=O)c2ccccc2OP(Oc2cccc3ccccc23)Oc2cccc3ccccc23)c(OP(Oc2cccc3ccccc23)Oc2cccc3ccccc23)c1C. The summed E-state index contributed by atoms with van der Waals surface area (Å²) in [7, 11) is -4.39. The Hall–Kier alpha value is -7.43. The van der Waals surface area contributed by atoms with Crippen molar-refractivity contribution >= 4 is 66.1 Å². The van der Waals surface area contributed by atoms with Crippen molar-refractivity contribution in [2.75, 3.05) is 0 Å². The van der Waals surface area contributed by atoms with E-state index in [1.807, 2.05) is 196 Å². The van der Waals surface area contributed by atoms with Crippen molar-refractivity contribution in [3.8, 4) is 34.5 Å². The van der Waals surface area contributed by atoms with Gasteiger partial charge >= 0.3 is 17.2 Å². The Kier molecular flexibility index (Phi) is 11.5. The second-order valence-corrected chi connectivity index (χ2v) is 17.1. The molecule has 0 atom stereocenters. The number of rotatable bonds is 14. The van der Waals surface area contributed by atoms with Crippen LogP contribution in [0.4, 0.5) is 0 Å². The van der Waals surface area contributed by atoms with E-state index in [4.69, 9.17) is 27.1 Å². The fourth-order valence-corrected chi connectivity index (χ4v) is 9.86. The molecule has 7 nitrogen and oxygen atoms in total. The molecular formula is C55H40O7P2. The third-order valence-corrected chi connectivity index (χ3v) is 13.1. The number of ketones is 1. The molecule has 10 aromatic rings. The van der Waals surface area contributed by atoms with Crippen LogP contribution < -0.4 is 27.1 Å². The van der Waals surface area contributed by atoms with Gasteiger partial charge in [0, 0.05) is 21.5 Å². The highest BCUT2D eigenvalue weighted by Gasteiger charge is 2.30. The van der Waals surface area contributed by atoms with E-state index in [0.29, 0.717) is 39.9 Å². The largest absolute Gasteiger partial charge is 0.530 e. The van der Waals surface area contributed by atoms with Crippen LogP contribution in [-0.2, 0) is 0 Å². The molecule has 10 aromatic carbocycles. The standard InChI is InChI=1S/C55H40O7P2/c1-37-35-36-48(55(38(37)2)62-64(59-51-33-15-23-41-19-5-9-27-45(41)51)60-52-34-16-24-42-20-6-10-28-46(42)52)54(56)47-29-11-12-30-53(47)61-63(57-49-31-13-21-39-17-3-7-25-43(39)49)58-50-32-14-22-40-18-4-8-26-44(40)50/h3-36H,1-2H3. The third-order valence-electron chi connectivity index (χ3n) is 11.1. The number of para-hydroxylation sites is 1. The highest BCUT2D eigenvalue weighted by atomic mass is 31.2. The van der Waals surface area contributed by atoms with E-state index >= 15 is 4.79 Å². The van der Waals surface area contributed by atoms with Crippen molar-refractivity contribution in [1.29, 1.82) is 0 Å². The number of carbonyl (C=O) groups excluding carboxylic acids is 1. The predicted octanol–water partition coefficient (Wildman–Crippen LogP) is 15.7. The number of carbonyl (C=O) groups is 1. The Morgan fingerprint density at radius 1 is 0.328 bits per heavy atom. The van der Waals surface area contributed by atoms with Crippen LogP contribution in [0.5, 0.6) is 34.5 Å². The molecule has 0 aliphatic rings. The van der Waals surface area contributed by atoms with E-state index in [0.717, 1.165) is 54.2 Å². The molecule has 9 heteroatoms. The van der Waals surface area contributed by atoms with Gasteiger partial charge in [0.1, 0.15) is 34.5 Å². The van der Waals surface area contributed by atoms with Gasteiger partial charge in [-0.3, -0.25) is 4.79 Å². The molecule has 0 aliphatic heterocycles. The predicted molar refractivity (Wildman–Crippen MR) is 259 cm³/mol. The molecule has 64 heavy (non-hydrogen) atoms. The normalized spacial score (nSPS) is 11.3. The molecule has 0 aliphatic carbocycles. The van der Waals surface area contributed by atoms with Gasteiger partial charge in [0.25, 0.3) is 0 Å². The quantitative estimate of drug-likeness (QED) is 0.0796. The summed E-state index contributed by atoms with van der Waals surface area (Å²) in [4.78, 5) is 15.1. The molecular weight excluding hydrogens is 835 g/mol. The van der Waals surface area contributed by atoms with Crippen LogP contribution in [-0.4, -0.2) is 5.78 Å². The summed E-state index contributed by atoms with van der Waals surface area (Å²) in [6.07, 6.45) is 0. The van der Waals surface area contributed by atoms with Crippen LogP contribution in [0.25, 0.3) is 43.1 Å². The lowest BCUT2D eigenvalue weighted by atomic mass is 9.97. The summed E-state index contributed by atoms with van der Waals surface area (Å²) in [5, 5.41) is 7.63. The first-order valence-corrected chi connectivity index (χ1v) is 23.0. The second kappa shape index (κ2) is 18.1. The molecule has 0 aromatic heterocycles. The Morgan fingerprint density at radius 2 is 0.656 bits per heavy atom. The molecule has 0 fully saturated rings. The van der Waals surface area contributed by atoms with Crippen LogP contribution >= 0.6 is 17.2 Å². The van der Waals surface area contributed by atoms with E-state index in [-0.39, 0.29) is 11.5 Å². The molecule has 0 heterocycles.